The number of phenols is 1. The summed E-state index contributed by atoms with van der Waals surface area (Å²) in [4.78, 5) is 8.73. The number of nitrogens with one attached hydrogen (secondary N) is 1. The van der Waals surface area contributed by atoms with Crippen LogP contribution in [0, 0.1) is 0 Å². The third kappa shape index (κ3) is 3.78. The van der Waals surface area contributed by atoms with Crippen LogP contribution < -0.4 is 14.8 Å². The van der Waals surface area contributed by atoms with E-state index in [1.807, 2.05) is 60.7 Å². The van der Waals surface area contributed by atoms with Gasteiger partial charge in [0.2, 0.25) is 0 Å². The minimum atomic E-state index is -0.402. The van der Waals surface area contributed by atoms with E-state index >= 15 is 0 Å². The maximum atomic E-state index is 11.0. The van der Waals surface area contributed by atoms with Gasteiger partial charge in [-0.1, -0.05) is 24.3 Å². The normalized spacial score (nSPS) is 11.8. The molecular weight excluding hydrogens is 366 g/mol. The quantitative estimate of drug-likeness (QED) is 0.505. The molecule has 0 aliphatic heterocycles. The summed E-state index contributed by atoms with van der Waals surface area (Å²) in [6, 6.07) is 18.5. The van der Waals surface area contributed by atoms with Crippen LogP contribution in [0.25, 0.3) is 10.9 Å². The average molecular weight is 387 g/mol. The number of hydrogen-bond acceptors (Lipinski definition) is 6. The summed E-state index contributed by atoms with van der Waals surface area (Å²) in [5.41, 5.74) is 2.09. The van der Waals surface area contributed by atoms with E-state index in [0.717, 1.165) is 10.9 Å². The Bertz CT molecular complexity index is 1110. The van der Waals surface area contributed by atoms with E-state index in [0.29, 0.717) is 28.4 Å². The lowest BCUT2D eigenvalue weighted by Gasteiger charge is -2.23. The predicted molar refractivity (Wildman–Crippen MR) is 113 cm³/mol. The van der Waals surface area contributed by atoms with Crippen LogP contribution in [0.2, 0.25) is 0 Å². The molecule has 4 aromatic rings. The lowest BCUT2D eigenvalue weighted by Crippen LogP contribution is -2.14. The van der Waals surface area contributed by atoms with Crippen LogP contribution in [-0.4, -0.2) is 29.3 Å². The van der Waals surface area contributed by atoms with Gasteiger partial charge >= 0.3 is 0 Å². The number of aromatic hydroxyl groups is 1. The Morgan fingerprint density at radius 2 is 1.62 bits per heavy atom. The number of ether oxygens (including phenoxy) is 2. The second-order valence-electron chi connectivity index (χ2n) is 6.52. The van der Waals surface area contributed by atoms with Gasteiger partial charge < -0.3 is 19.9 Å². The molecule has 4 rings (SSSR count). The first kappa shape index (κ1) is 18.6. The van der Waals surface area contributed by atoms with Gasteiger partial charge in [-0.25, -0.2) is 4.98 Å². The van der Waals surface area contributed by atoms with Crippen LogP contribution in [0.3, 0.4) is 0 Å². The van der Waals surface area contributed by atoms with Crippen molar-refractivity contribution in [3.05, 3.63) is 84.2 Å². The van der Waals surface area contributed by atoms with Crippen molar-refractivity contribution in [2.75, 3.05) is 19.5 Å². The van der Waals surface area contributed by atoms with Crippen LogP contribution in [0.15, 0.2) is 73.1 Å². The Labute approximate surface area is 168 Å². The van der Waals surface area contributed by atoms with Crippen molar-refractivity contribution < 1.29 is 14.6 Å². The Morgan fingerprint density at radius 1 is 0.862 bits per heavy atom. The first-order valence-electron chi connectivity index (χ1n) is 9.16. The highest BCUT2D eigenvalue weighted by molar-refractivity contribution is 5.86. The van der Waals surface area contributed by atoms with Crippen LogP contribution >= 0.6 is 0 Å². The van der Waals surface area contributed by atoms with E-state index < -0.39 is 6.04 Å². The van der Waals surface area contributed by atoms with E-state index in [1.54, 1.807) is 26.6 Å². The summed E-state index contributed by atoms with van der Waals surface area (Å²) in [6.45, 7) is 0. The lowest BCUT2D eigenvalue weighted by atomic mass is 9.95. The van der Waals surface area contributed by atoms with Crippen molar-refractivity contribution in [1.82, 2.24) is 9.97 Å². The number of benzene rings is 2. The summed E-state index contributed by atoms with van der Waals surface area (Å²) < 4.78 is 10.9. The molecule has 1 unspecified atom stereocenters. The number of nitrogens with zero attached hydrogens (tertiary/aromatic N) is 2. The van der Waals surface area contributed by atoms with Crippen LogP contribution in [-0.2, 0) is 0 Å². The molecule has 0 radical (unpaired) electrons. The molecule has 0 spiro atoms. The van der Waals surface area contributed by atoms with Crippen molar-refractivity contribution in [2.24, 2.45) is 0 Å². The minimum absolute atomic E-state index is 0.123. The number of hydrogen-bond donors (Lipinski definition) is 2. The molecule has 29 heavy (non-hydrogen) atoms. The highest BCUT2D eigenvalue weighted by Crippen LogP contribution is 2.38. The molecule has 146 valence electrons. The summed E-state index contributed by atoms with van der Waals surface area (Å²) in [5, 5.41) is 15.3. The van der Waals surface area contributed by atoms with Gasteiger partial charge in [0.1, 0.15) is 28.6 Å². The van der Waals surface area contributed by atoms with Gasteiger partial charge in [0.25, 0.3) is 0 Å². The van der Waals surface area contributed by atoms with E-state index in [-0.39, 0.29) is 5.75 Å². The summed E-state index contributed by atoms with van der Waals surface area (Å²) in [5.74, 6) is 2.12. The molecule has 2 heterocycles. The van der Waals surface area contributed by atoms with Crippen molar-refractivity contribution >= 4 is 16.7 Å². The van der Waals surface area contributed by atoms with Gasteiger partial charge in [0.15, 0.2) is 0 Å². The monoisotopic (exact) mass is 387 g/mol. The predicted octanol–water partition coefficient (Wildman–Crippen LogP) is 4.55. The molecule has 0 aliphatic rings. The van der Waals surface area contributed by atoms with E-state index in [9.17, 15) is 5.11 Å². The molecule has 0 amide bonds. The number of anilines is 1. The third-order valence-electron chi connectivity index (χ3n) is 4.75. The fourth-order valence-corrected chi connectivity index (χ4v) is 3.31. The number of fused-ring (bicyclic) bond motifs is 1. The SMILES string of the molecule is COc1cc(OC)cc(C(Nc2ccccn2)c2ccc3cccnc3c2O)c1. The molecule has 2 aromatic carbocycles. The van der Waals surface area contributed by atoms with Gasteiger partial charge in [-0.2, -0.15) is 0 Å². The zero-order chi connectivity index (χ0) is 20.2. The van der Waals surface area contributed by atoms with Gasteiger partial charge in [-0.3, -0.25) is 4.98 Å². The molecule has 0 aliphatic carbocycles. The number of aromatic nitrogens is 2. The Balaban J connectivity index is 1.89. The van der Waals surface area contributed by atoms with Gasteiger partial charge in [-0.05, 0) is 35.9 Å². The van der Waals surface area contributed by atoms with Crippen molar-refractivity contribution in [3.8, 4) is 17.2 Å². The minimum Gasteiger partial charge on any atom is -0.505 e. The summed E-state index contributed by atoms with van der Waals surface area (Å²) in [7, 11) is 3.22. The zero-order valence-corrected chi connectivity index (χ0v) is 16.2. The van der Waals surface area contributed by atoms with Gasteiger partial charge in [0.05, 0.1) is 20.3 Å². The highest BCUT2D eigenvalue weighted by Gasteiger charge is 2.22. The molecule has 6 heteroatoms. The lowest BCUT2D eigenvalue weighted by molar-refractivity contribution is 0.393. The van der Waals surface area contributed by atoms with Crippen LogP contribution in [0.5, 0.6) is 17.2 Å². The maximum absolute atomic E-state index is 11.0. The van der Waals surface area contributed by atoms with Crippen LogP contribution in [0.4, 0.5) is 5.82 Å². The van der Waals surface area contributed by atoms with Gasteiger partial charge in [-0.15, -0.1) is 0 Å². The molecular formula is C23H21N3O3. The maximum Gasteiger partial charge on any atom is 0.147 e. The number of phenolic OH excluding ortho intramolecular Hbond substituents is 1. The van der Waals surface area contributed by atoms with Crippen LogP contribution in [0.1, 0.15) is 17.2 Å². The zero-order valence-electron chi connectivity index (χ0n) is 16.2. The van der Waals surface area contributed by atoms with E-state index in [4.69, 9.17) is 9.47 Å². The van der Waals surface area contributed by atoms with Crippen molar-refractivity contribution in [2.45, 2.75) is 6.04 Å². The second kappa shape index (κ2) is 8.06. The average Bonchev–Trinajstić information content (AvgIpc) is 2.78. The number of pyridine rings is 2. The molecule has 0 bridgehead atoms. The first-order chi connectivity index (χ1) is 14.2. The molecule has 0 saturated heterocycles. The number of rotatable bonds is 6. The fourth-order valence-electron chi connectivity index (χ4n) is 3.31. The summed E-state index contributed by atoms with van der Waals surface area (Å²) >= 11 is 0. The first-order valence-corrected chi connectivity index (χ1v) is 9.16. The molecule has 6 nitrogen and oxygen atoms in total. The van der Waals surface area contributed by atoms with E-state index in [1.165, 1.54) is 0 Å². The Kier molecular flexibility index (Phi) is 5.16. The fraction of sp³-hybridized carbons (Fsp3) is 0.130. The second-order valence-corrected chi connectivity index (χ2v) is 6.52. The van der Waals surface area contributed by atoms with Crippen molar-refractivity contribution in [3.63, 3.8) is 0 Å². The van der Waals surface area contributed by atoms with E-state index in [2.05, 4.69) is 15.3 Å². The smallest absolute Gasteiger partial charge is 0.147 e. The third-order valence-corrected chi connectivity index (χ3v) is 4.75. The van der Waals surface area contributed by atoms with Crippen molar-refractivity contribution in [1.29, 1.82) is 0 Å². The summed E-state index contributed by atoms with van der Waals surface area (Å²) in [6.07, 6.45) is 3.38. The molecule has 2 aromatic heterocycles. The Morgan fingerprint density at radius 3 is 2.31 bits per heavy atom. The molecule has 1 atom stereocenters. The molecule has 0 fully saturated rings. The molecule has 0 saturated carbocycles. The largest absolute Gasteiger partial charge is 0.505 e. The van der Waals surface area contributed by atoms with Gasteiger partial charge in [0, 0.05) is 29.4 Å². The topological polar surface area (TPSA) is 76.5 Å². The highest BCUT2D eigenvalue weighted by atomic mass is 16.5. The standard InChI is InChI=1S/C23H21N3O3/c1-28-17-12-16(13-18(14-17)29-2)21(26-20-7-3-4-10-24-20)19-9-8-15-6-5-11-25-22(15)23(19)27/h3-14,21,27H,1-2H3,(H,24,26). The molecule has 2 N–H and O–H groups in total. The Hall–Kier alpha value is -3.80. The number of methoxy groups -OCH3 is 2.